The Labute approximate surface area is 174 Å². The van der Waals surface area contributed by atoms with E-state index < -0.39 is 0 Å². The van der Waals surface area contributed by atoms with Crippen LogP contribution >= 0.6 is 0 Å². The molecular weight excluding hydrogens is 382 g/mol. The number of hydroxylamine groups is 1. The first kappa shape index (κ1) is 19.5. The van der Waals surface area contributed by atoms with E-state index in [1.165, 1.54) is 4.80 Å². The smallest absolute Gasteiger partial charge is 0.256 e. The number of rotatable bonds is 3. The molecule has 0 spiro atoms. The van der Waals surface area contributed by atoms with E-state index in [0.29, 0.717) is 42.3 Å². The van der Waals surface area contributed by atoms with Crippen molar-refractivity contribution in [2.24, 2.45) is 0 Å². The molecule has 9 heteroatoms. The molecule has 30 heavy (non-hydrogen) atoms. The minimum absolute atomic E-state index is 0.109. The molecule has 0 radical (unpaired) electrons. The Morgan fingerprint density at radius 3 is 2.73 bits per heavy atom. The summed E-state index contributed by atoms with van der Waals surface area (Å²) < 4.78 is 0. The summed E-state index contributed by atoms with van der Waals surface area (Å²) in [5.74, 6) is 0.440. The Hall–Kier alpha value is -3.77. The fourth-order valence-electron chi connectivity index (χ4n) is 3.37. The van der Waals surface area contributed by atoms with Crippen molar-refractivity contribution in [1.82, 2.24) is 24.9 Å². The number of amides is 1. The number of aryl methyl sites for hydroxylation is 1. The lowest BCUT2D eigenvalue weighted by atomic mass is 10.1. The van der Waals surface area contributed by atoms with Crippen LogP contribution in [0.1, 0.15) is 28.4 Å². The lowest BCUT2D eigenvalue weighted by Crippen LogP contribution is -2.41. The van der Waals surface area contributed by atoms with Crippen LogP contribution in [-0.4, -0.2) is 56.5 Å². The van der Waals surface area contributed by atoms with Crippen LogP contribution in [0.4, 0.5) is 5.82 Å². The molecule has 0 bridgehead atoms. The minimum atomic E-state index is -0.152. The molecule has 0 N–H and O–H groups in total. The predicted molar refractivity (Wildman–Crippen MR) is 109 cm³/mol. The van der Waals surface area contributed by atoms with E-state index in [-0.39, 0.29) is 11.9 Å². The number of benzene rings is 1. The number of carbonyl (C=O) groups excluding carboxylic acids is 1. The summed E-state index contributed by atoms with van der Waals surface area (Å²) in [6, 6.07) is 10.9. The highest BCUT2D eigenvalue weighted by Crippen LogP contribution is 2.21. The van der Waals surface area contributed by atoms with Gasteiger partial charge in [-0.25, -0.2) is 10.0 Å². The van der Waals surface area contributed by atoms with Crippen LogP contribution in [-0.2, 0) is 4.84 Å². The van der Waals surface area contributed by atoms with Gasteiger partial charge in [0.05, 0.1) is 54.5 Å². The lowest BCUT2D eigenvalue weighted by Gasteiger charge is -2.26. The molecule has 2 aromatic heterocycles. The third-order valence-electron chi connectivity index (χ3n) is 4.96. The van der Waals surface area contributed by atoms with Crippen LogP contribution in [0.2, 0.25) is 0 Å². The van der Waals surface area contributed by atoms with Crippen molar-refractivity contribution < 1.29 is 9.63 Å². The van der Waals surface area contributed by atoms with Crippen LogP contribution in [0, 0.1) is 18.3 Å². The van der Waals surface area contributed by atoms with Crippen molar-refractivity contribution in [1.29, 1.82) is 5.26 Å². The van der Waals surface area contributed by atoms with E-state index in [0.717, 1.165) is 5.56 Å². The first-order chi connectivity index (χ1) is 14.6. The van der Waals surface area contributed by atoms with Gasteiger partial charge in [-0.2, -0.15) is 20.3 Å². The zero-order chi connectivity index (χ0) is 21.1. The molecule has 1 aliphatic heterocycles. The van der Waals surface area contributed by atoms with Gasteiger partial charge in [-0.15, -0.1) is 0 Å². The van der Waals surface area contributed by atoms with E-state index in [4.69, 9.17) is 10.1 Å². The standard InChI is InChI=1S/C21H21N7O2/c1-15-3-4-19(28-24-7-8-25-28)18(11-15)21(29)26-9-10-27(30-14-16(26)2)20-12-17(13-22)5-6-23-20/h3-8,11-12,16H,9-10,14H2,1-2H3/t16-/m1/s1. The third-order valence-corrected chi connectivity index (χ3v) is 4.96. The van der Waals surface area contributed by atoms with Crippen LogP contribution < -0.4 is 5.06 Å². The largest absolute Gasteiger partial charge is 0.332 e. The fraction of sp³-hybridized carbons (Fsp3) is 0.286. The number of aromatic nitrogens is 4. The summed E-state index contributed by atoms with van der Waals surface area (Å²) >= 11 is 0. The molecule has 152 valence electrons. The minimum Gasteiger partial charge on any atom is -0.332 e. The number of hydrogen-bond acceptors (Lipinski definition) is 7. The highest BCUT2D eigenvalue weighted by molar-refractivity contribution is 5.98. The maximum absolute atomic E-state index is 13.5. The second-order valence-corrected chi connectivity index (χ2v) is 7.10. The number of carbonyl (C=O) groups is 1. The van der Waals surface area contributed by atoms with Crippen molar-refractivity contribution in [3.63, 3.8) is 0 Å². The summed E-state index contributed by atoms with van der Waals surface area (Å²) in [6.45, 7) is 5.08. The average Bonchev–Trinajstić information content (AvgIpc) is 3.23. The van der Waals surface area contributed by atoms with Crippen LogP contribution in [0.25, 0.3) is 5.69 Å². The van der Waals surface area contributed by atoms with Crippen molar-refractivity contribution >= 4 is 11.7 Å². The third kappa shape index (κ3) is 3.86. The summed E-state index contributed by atoms with van der Waals surface area (Å²) in [5, 5.41) is 19.1. The summed E-state index contributed by atoms with van der Waals surface area (Å²) in [5.41, 5.74) is 2.65. The van der Waals surface area contributed by atoms with Gasteiger partial charge in [0, 0.05) is 18.8 Å². The van der Waals surface area contributed by atoms with Gasteiger partial charge in [0.25, 0.3) is 5.91 Å². The second kappa shape index (κ2) is 8.31. The molecule has 1 aliphatic rings. The molecule has 0 aliphatic carbocycles. The molecule has 0 unspecified atom stereocenters. The normalized spacial score (nSPS) is 16.8. The molecule has 1 saturated heterocycles. The van der Waals surface area contributed by atoms with Gasteiger partial charge in [-0.05, 0) is 32.0 Å². The highest BCUT2D eigenvalue weighted by atomic mass is 16.7. The fourth-order valence-corrected chi connectivity index (χ4v) is 3.37. The number of hydrogen-bond donors (Lipinski definition) is 0. The van der Waals surface area contributed by atoms with Crippen LogP contribution in [0.5, 0.6) is 0 Å². The molecule has 1 amide bonds. The van der Waals surface area contributed by atoms with E-state index >= 15 is 0 Å². The Morgan fingerprint density at radius 1 is 1.17 bits per heavy atom. The second-order valence-electron chi connectivity index (χ2n) is 7.10. The molecule has 4 rings (SSSR count). The molecular formula is C21H21N7O2. The van der Waals surface area contributed by atoms with E-state index in [2.05, 4.69) is 21.3 Å². The summed E-state index contributed by atoms with van der Waals surface area (Å²) in [7, 11) is 0. The summed E-state index contributed by atoms with van der Waals surface area (Å²) in [4.78, 5) is 26.9. The number of nitriles is 1. The van der Waals surface area contributed by atoms with E-state index in [9.17, 15) is 4.79 Å². The maximum Gasteiger partial charge on any atom is 0.256 e. The van der Waals surface area contributed by atoms with Crippen LogP contribution in [0.15, 0.2) is 48.9 Å². The SMILES string of the molecule is Cc1ccc(-n2nccn2)c(C(=O)N2CCN(c3cc(C#N)ccn3)OC[C@H]2C)c1. The Morgan fingerprint density at radius 2 is 1.97 bits per heavy atom. The Balaban J connectivity index is 1.60. The van der Waals surface area contributed by atoms with Crippen LogP contribution in [0.3, 0.4) is 0 Å². The first-order valence-electron chi connectivity index (χ1n) is 9.61. The van der Waals surface area contributed by atoms with Crippen molar-refractivity contribution in [2.45, 2.75) is 19.9 Å². The van der Waals surface area contributed by atoms with Crippen molar-refractivity contribution in [3.8, 4) is 11.8 Å². The monoisotopic (exact) mass is 403 g/mol. The molecule has 3 aromatic rings. The zero-order valence-electron chi connectivity index (χ0n) is 16.8. The van der Waals surface area contributed by atoms with Crippen molar-refractivity contribution in [2.75, 3.05) is 24.8 Å². The Kier molecular flexibility index (Phi) is 5.41. The molecule has 3 heterocycles. The maximum atomic E-state index is 13.5. The van der Waals surface area contributed by atoms with Gasteiger partial charge in [0.1, 0.15) is 0 Å². The number of nitrogens with zero attached hydrogens (tertiary/aromatic N) is 7. The van der Waals surface area contributed by atoms with Crippen molar-refractivity contribution in [3.05, 3.63) is 65.6 Å². The van der Waals surface area contributed by atoms with Gasteiger partial charge in [0.2, 0.25) is 0 Å². The predicted octanol–water partition coefficient (Wildman–Crippen LogP) is 2.12. The topological polar surface area (TPSA) is 100 Å². The Bertz CT molecular complexity index is 1090. The molecule has 9 nitrogen and oxygen atoms in total. The van der Waals surface area contributed by atoms with Gasteiger partial charge in [0.15, 0.2) is 5.82 Å². The number of pyridine rings is 1. The van der Waals surface area contributed by atoms with Gasteiger partial charge >= 0.3 is 0 Å². The quantitative estimate of drug-likeness (QED) is 0.660. The van der Waals surface area contributed by atoms with E-state index in [1.807, 2.05) is 32.0 Å². The van der Waals surface area contributed by atoms with Gasteiger partial charge in [-0.3, -0.25) is 9.63 Å². The van der Waals surface area contributed by atoms with Gasteiger partial charge < -0.3 is 4.90 Å². The molecule has 0 saturated carbocycles. The molecule has 1 fully saturated rings. The van der Waals surface area contributed by atoms with E-state index in [1.54, 1.807) is 40.7 Å². The number of anilines is 1. The highest BCUT2D eigenvalue weighted by Gasteiger charge is 2.29. The lowest BCUT2D eigenvalue weighted by molar-refractivity contribution is 0.0599. The summed E-state index contributed by atoms with van der Waals surface area (Å²) in [6.07, 6.45) is 4.73. The first-order valence-corrected chi connectivity index (χ1v) is 9.61. The molecule has 1 aromatic carbocycles. The molecule has 1 atom stereocenters. The average molecular weight is 403 g/mol. The van der Waals surface area contributed by atoms with Gasteiger partial charge in [-0.1, -0.05) is 11.6 Å². The zero-order valence-corrected chi connectivity index (χ0v) is 16.8.